The highest BCUT2D eigenvalue weighted by Crippen LogP contribution is 2.34. The number of nitrogens with two attached hydrogens (primary N) is 1. The maximum atomic E-state index is 13.8. The summed E-state index contributed by atoms with van der Waals surface area (Å²) in [7, 11) is -2.80. The summed E-state index contributed by atoms with van der Waals surface area (Å²) in [5.41, 5.74) is 6.26. The van der Waals surface area contributed by atoms with Crippen molar-refractivity contribution in [2.75, 3.05) is 20.1 Å². The van der Waals surface area contributed by atoms with Crippen LogP contribution in [-0.4, -0.2) is 72.7 Å². The highest BCUT2D eigenvalue weighted by Gasteiger charge is 2.52. The van der Waals surface area contributed by atoms with Gasteiger partial charge in [-0.15, -0.1) is 0 Å². The Morgan fingerprint density at radius 3 is 2.38 bits per heavy atom. The summed E-state index contributed by atoms with van der Waals surface area (Å²) in [5, 5.41) is 0.133. The average molecular weight is 533 g/mol. The number of benzene rings is 2. The summed E-state index contributed by atoms with van der Waals surface area (Å²) in [6.45, 7) is -0.447. The molecule has 0 spiro atoms. The molecular formula is C21H20Cl2F2N4O4S. The molecule has 3 atom stereocenters. The Bertz CT molecular complexity index is 1280. The lowest BCUT2D eigenvalue weighted by Gasteiger charge is -2.52. The number of halogens is 4. The summed E-state index contributed by atoms with van der Waals surface area (Å²) in [6.07, 6.45) is -1.24. The molecule has 2 fully saturated rings. The van der Waals surface area contributed by atoms with Crippen molar-refractivity contribution in [2.45, 2.75) is 29.6 Å². The molecule has 4 rings (SSSR count). The fraction of sp³-hybridized carbons (Fsp3) is 0.333. The normalized spacial score (nSPS) is 23.9. The molecule has 0 bridgehead atoms. The van der Waals surface area contributed by atoms with E-state index in [1.165, 1.54) is 36.2 Å². The second-order valence-corrected chi connectivity index (χ2v) is 10.9. The van der Waals surface area contributed by atoms with E-state index >= 15 is 0 Å². The second kappa shape index (κ2) is 9.04. The van der Waals surface area contributed by atoms with Gasteiger partial charge in [-0.1, -0.05) is 29.3 Å². The quantitative estimate of drug-likeness (QED) is 0.646. The molecule has 3 unspecified atom stereocenters. The van der Waals surface area contributed by atoms with Crippen LogP contribution in [0.2, 0.25) is 10.0 Å². The number of fused-ring (bicyclic) bond motifs is 1. The standard InChI is InChI=1S/C21H20Cl2F2N4O4S/c1-27-10-19-28(34(32,33)18-5-3-12(22)8-13(18)23)9-16(26)20(30)29(19)17(21(27)31)7-11-2-4-14(24)15(25)6-11/h2-6,8,16-17,19H,7,9-10,26H2,1H3. The Kier molecular flexibility index (Phi) is 6.60. The number of piperazine rings is 1. The second-order valence-electron chi connectivity index (χ2n) is 8.17. The van der Waals surface area contributed by atoms with Crippen LogP contribution >= 0.6 is 23.2 Å². The van der Waals surface area contributed by atoms with Gasteiger partial charge in [0.15, 0.2) is 11.6 Å². The van der Waals surface area contributed by atoms with Crippen molar-refractivity contribution in [3.63, 3.8) is 0 Å². The summed E-state index contributed by atoms with van der Waals surface area (Å²) in [4.78, 5) is 28.3. The van der Waals surface area contributed by atoms with Gasteiger partial charge in [0.05, 0.1) is 17.6 Å². The molecule has 34 heavy (non-hydrogen) atoms. The van der Waals surface area contributed by atoms with Crippen molar-refractivity contribution in [3.05, 3.63) is 63.6 Å². The Morgan fingerprint density at radius 2 is 1.74 bits per heavy atom. The van der Waals surface area contributed by atoms with E-state index in [0.29, 0.717) is 0 Å². The van der Waals surface area contributed by atoms with E-state index in [4.69, 9.17) is 28.9 Å². The summed E-state index contributed by atoms with van der Waals surface area (Å²) in [6, 6.07) is 4.63. The monoisotopic (exact) mass is 532 g/mol. The topological polar surface area (TPSA) is 104 Å². The first kappa shape index (κ1) is 24.8. The fourth-order valence-electron chi connectivity index (χ4n) is 4.26. The first-order valence-corrected chi connectivity index (χ1v) is 12.3. The summed E-state index contributed by atoms with van der Waals surface area (Å²) < 4.78 is 55.3. The number of carbonyl (C=O) groups excluding carboxylic acids is 2. The van der Waals surface area contributed by atoms with Crippen LogP contribution in [0.4, 0.5) is 8.78 Å². The van der Waals surface area contributed by atoms with Gasteiger partial charge in [-0.05, 0) is 35.9 Å². The minimum Gasteiger partial charge on any atom is -0.340 e. The van der Waals surface area contributed by atoms with Crippen LogP contribution in [0.5, 0.6) is 0 Å². The molecule has 2 amide bonds. The van der Waals surface area contributed by atoms with E-state index in [1.54, 1.807) is 0 Å². The molecule has 0 aromatic heterocycles. The number of sulfonamides is 1. The van der Waals surface area contributed by atoms with Crippen LogP contribution in [0.25, 0.3) is 0 Å². The Labute approximate surface area is 204 Å². The average Bonchev–Trinajstić information content (AvgIpc) is 2.76. The van der Waals surface area contributed by atoms with Crippen molar-refractivity contribution < 1.29 is 26.8 Å². The minimum atomic E-state index is -4.26. The Hall–Kier alpha value is -2.31. The van der Waals surface area contributed by atoms with Gasteiger partial charge in [0.1, 0.15) is 17.1 Å². The van der Waals surface area contributed by atoms with E-state index in [-0.39, 0.29) is 40.0 Å². The molecule has 0 aliphatic carbocycles. The van der Waals surface area contributed by atoms with E-state index in [0.717, 1.165) is 21.3 Å². The highest BCUT2D eigenvalue weighted by atomic mass is 35.5. The Balaban J connectivity index is 1.76. The van der Waals surface area contributed by atoms with Crippen molar-refractivity contribution in [1.82, 2.24) is 14.1 Å². The molecule has 0 saturated carbocycles. The van der Waals surface area contributed by atoms with Crippen molar-refractivity contribution in [1.29, 1.82) is 0 Å². The lowest BCUT2D eigenvalue weighted by atomic mass is 9.97. The van der Waals surface area contributed by atoms with Crippen molar-refractivity contribution >= 4 is 45.0 Å². The molecule has 2 aromatic rings. The summed E-state index contributed by atoms with van der Waals surface area (Å²) in [5.74, 6) is -3.26. The van der Waals surface area contributed by atoms with Gasteiger partial charge in [-0.3, -0.25) is 9.59 Å². The highest BCUT2D eigenvalue weighted by molar-refractivity contribution is 7.89. The maximum Gasteiger partial charge on any atom is 0.246 e. The van der Waals surface area contributed by atoms with Gasteiger partial charge >= 0.3 is 0 Å². The molecule has 2 aliphatic heterocycles. The maximum absolute atomic E-state index is 13.8. The van der Waals surface area contributed by atoms with Crippen LogP contribution in [-0.2, 0) is 26.0 Å². The largest absolute Gasteiger partial charge is 0.340 e. The first-order chi connectivity index (χ1) is 15.9. The van der Waals surface area contributed by atoms with E-state index < -0.39 is 51.7 Å². The number of amides is 2. The van der Waals surface area contributed by atoms with Gasteiger partial charge in [-0.2, -0.15) is 4.31 Å². The van der Waals surface area contributed by atoms with Crippen LogP contribution < -0.4 is 5.73 Å². The van der Waals surface area contributed by atoms with Crippen LogP contribution in [0.1, 0.15) is 5.56 Å². The van der Waals surface area contributed by atoms with Crippen LogP contribution in [0.15, 0.2) is 41.3 Å². The zero-order valence-corrected chi connectivity index (χ0v) is 20.1. The molecule has 2 N–H and O–H groups in total. The number of carbonyl (C=O) groups is 2. The van der Waals surface area contributed by atoms with Crippen molar-refractivity contribution in [3.8, 4) is 0 Å². The van der Waals surface area contributed by atoms with Gasteiger partial charge in [0.2, 0.25) is 21.8 Å². The molecule has 182 valence electrons. The minimum absolute atomic E-state index is 0.108. The molecular weight excluding hydrogens is 513 g/mol. The zero-order valence-electron chi connectivity index (χ0n) is 17.8. The lowest BCUT2D eigenvalue weighted by Crippen LogP contribution is -2.75. The van der Waals surface area contributed by atoms with E-state index in [9.17, 15) is 26.8 Å². The molecule has 2 saturated heterocycles. The van der Waals surface area contributed by atoms with E-state index in [1.807, 2.05) is 0 Å². The predicted octanol–water partition coefficient (Wildman–Crippen LogP) is 1.84. The fourth-order valence-corrected chi connectivity index (χ4v) is 6.61. The molecule has 2 aromatic carbocycles. The van der Waals surface area contributed by atoms with Gasteiger partial charge in [0, 0.05) is 25.0 Å². The van der Waals surface area contributed by atoms with Gasteiger partial charge in [0.25, 0.3) is 0 Å². The van der Waals surface area contributed by atoms with Crippen molar-refractivity contribution in [2.24, 2.45) is 5.73 Å². The number of hydrogen-bond acceptors (Lipinski definition) is 5. The third-order valence-electron chi connectivity index (χ3n) is 5.93. The van der Waals surface area contributed by atoms with Crippen LogP contribution in [0, 0.1) is 11.6 Å². The summed E-state index contributed by atoms with van der Waals surface area (Å²) >= 11 is 12.1. The third kappa shape index (κ3) is 4.27. The lowest BCUT2D eigenvalue weighted by molar-refractivity contribution is -0.164. The van der Waals surface area contributed by atoms with Crippen LogP contribution in [0.3, 0.4) is 0 Å². The van der Waals surface area contributed by atoms with Gasteiger partial charge < -0.3 is 15.5 Å². The molecule has 0 radical (unpaired) electrons. The number of likely N-dealkylation sites (N-methyl/N-ethyl adjacent to an activating group) is 1. The molecule has 13 heteroatoms. The number of rotatable bonds is 4. The first-order valence-electron chi connectivity index (χ1n) is 10.2. The molecule has 8 nitrogen and oxygen atoms in total. The molecule has 2 aliphatic rings. The van der Waals surface area contributed by atoms with E-state index in [2.05, 4.69) is 0 Å². The number of hydrogen-bond donors (Lipinski definition) is 1. The number of nitrogens with zero attached hydrogens (tertiary/aromatic N) is 3. The smallest absolute Gasteiger partial charge is 0.246 e. The third-order valence-corrected chi connectivity index (χ3v) is 8.51. The SMILES string of the molecule is CN1CC2N(C(=O)C(N)CN2S(=O)(=O)c2ccc(Cl)cc2Cl)C(Cc2ccc(F)c(F)c2)C1=O. The predicted molar refractivity (Wildman–Crippen MR) is 120 cm³/mol. The zero-order chi connectivity index (χ0) is 24.9. The van der Waals surface area contributed by atoms with Gasteiger partial charge in [-0.25, -0.2) is 17.2 Å². The Morgan fingerprint density at radius 1 is 1.03 bits per heavy atom. The molecule has 2 heterocycles.